The molecule has 2 rings (SSSR count). The Hall–Kier alpha value is -1.55. The molecule has 0 unspecified atom stereocenters. The summed E-state index contributed by atoms with van der Waals surface area (Å²) in [5.74, 6) is 0.691. The van der Waals surface area contributed by atoms with Crippen LogP contribution >= 0.6 is 11.6 Å². The van der Waals surface area contributed by atoms with Crippen molar-refractivity contribution in [3.05, 3.63) is 33.3 Å². The lowest BCUT2D eigenvalue weighted by Gasteiger charge is -2.06. The molecule has 1 aromatic heterocycles. The van der Waals surface area contributed by atoms with Gasteiger partial charge in [-0.15, -0.1) is 0 Å². The number of hydrogen-bond donors (Lipinski definition) is 1. The predicted molar refractivity (Wildman–Crippen MR) is 58.7 cm³/mol. The van der Waals surface area contributed by atoms with Gasteiger partial charge in [0.15, 0.2) is 0 Å². The van der Waals surface area contributed by atoms with Crippen LogP contribution in [0.3, 0.4) is 0 Å². The van der Waals surface area contributed by atoms with Gasteiger partial charge in [0.05, 0.1) is 18.0 Å². The quantitative estimate of drug-likeness (QED) is 0.753. The lowest BCUT2D eigenvalue weighted by atomic mass is 10.1. The van der Waals surface area contributed by atoms with Crippen molar-refractivity contribution in [3.63, 3.8) is 0 Å². The maximum Gasteiger partial charge on any atom is 0.259 e. The summed E-state index contributed by atoms with van der Waals surface area (Å²) in [6.45, 7) is 1.84. The Morgan fingerprint density at radius 2 is 2.20 bits per heavy atom. The standard InChI is InChI=1S/C10H9ClN2O2/c1-5-7(15-2)4-3-6-8(5)12-10(11)13-9(6)14/h3-4H,1-2H3,(H,12,13,14). The van der Waals surface area contributed by atoms with E-state index in [9.17, 15) is 4.79 Å². The van der Waals surface area contributed by atoms with E-state index in [1.807, 2.05) is 6.92 Å². The highest BCUT2D eigenvalue weighted by Crippen LogP contribution is 2.23. The smallest absolute Gasteiger partial charge is 0.259 e. The van der Waals surface area contributed by atoms with Crippen LogP contribution in [0.5, 0.6) is 5.75 Å². The predicted octanol–water partition coefficient (Wildman–Crippen LogP) is 1.89. The third-order valence-electron chi connectivity index (χ3n) is 2.27. The maximum atomic E-state index is 11.5. The highest BCUT2D eigenvalue weighted by atomic mass is 35.5. The Morgan fingerprint density at radius 3 is 2.87 bits per heavy atom. The fourth-order valence-electron chi connectivity index (χ4n) is 1.52. The van der Waals surface area contributed by atoms with Crippen molar-refractivity contribution in [2.75, 3.05) is 7.11 Å². The van der Waals surface area contributed by atoms with Crippen LogP contribution < -0.4 is 10.3 Å². The number of halogens is 1. The van der Waals surface area contributed by atoms with Crippen LogP contribution in [0.2, 0.25) is 5.28 Å². The number of ether oxygens (including phenoxy) is 1. The first-order chi connectivity index (χ1) is 7.13. The summed E-state index contributed by atoms with van der Waals surface area (Å²) >= 11 is 5.68. The SMILES string of the molecule is COc1ccc2c(=O)[nH]c(Cl)nc2c1C. The second-order valence-corrected chi connectivity index (χ2v) is 3.50. The summed E-state index contributed by atoms with van der Waals surface area (Å²) in [4.78, 5) is 18.0. The number of nitrogens with zero attached hydrogens (tertiary/aromatic N) is 1. The number of benzene rings is 1. The molecule has 1 aromatic carbocycles. The molecule has 0 bridgehead atoms. The van der Waals surface area contributed by atoms with E-state index < -0.39 is 0 Å². The first-order valence-electron chi connectivity index (χ1n) is 4.36. The zero-order valence-corrected chi connectivity index (χ0v) is 9.05. The van der Waals surface area contributed by atoms with Crippen molar-refractivity contribution in [1.29, 1.82) is 0 Å². The fourth-order valence-corrected chi connectivity index (χ4v) is 1.69. The molecular weight excluding hydrogens is 216 g/mol. The zero-order valence-electron chi connectivity index (χ0n) is 8.30. The van der Waals surface area contributed by atoms with Crippen molar-refractivity contribution in [2.24, 2.45) is 0 Å². The van der Waals surface area contributed by atoms with Crippen LogP contribution in [0.25, 0.3) is 10.9 Å². The largest absolute Gasteiger partial charge is 0.496 e. The minimum absolute atomic E-state index is 0.0869. The number of aryl methyl sites for hydroxylation is 1. The van der Waals surface area contributed by atoms with Crippen LogP contribution in [0.15, 0.2) is 16.9 Å². The van der Waals surface area contributed by atoms with E-state index in [2.05, 4.69) is 9.97 Å². The Kier molecular flexibility index (Phi) is 2.36. The van der Waals surface area contributed by atoms with Gasteiger partial charge >= 0.3 is 0 Å². The number of nitrogens with one attached hydrogen (secondary N) is 1. The van der Waals surface area contributed by atoms with Crippen LogP contribution in [0, 0.1) is 6.92 Å². The van der Waals surface area contributed by atoms with E-state index in [0.717, 1.165) is 5.56 Å². The molecule has 5 heteroatoms. The van der Waals surface area contributed by atoms with Gasteiger partial charge in [-0.05, 0) is 30.7 Å². The van der Waals surface area contributed by atoms with Crippen LogP contribution in [0.4, 0.5) is 0 Å². The summed E-state index contributed by atoms with van der Waals surface area (Å²) in [6.07, 6.45) is 0. The summed E-state index contributed by atoms with van der Waals surface area (Å²) < 4.78 is 5.14. The van der Waals surface area contributed by atoms with Gasteiger partial charge in [0.2, 0.25) is 5.28 Å². The number of hydrogen-bond acceptors (Lipinski definition) is 3. The summed E-state index contributed by atoms with van der Waals surface area (Å²) in [5.41, 5.74) is 1.14. The van der Waals surface area contributed by atoms with Crippen LogP contribution in [-0.4, -0.2) is 17.1 Å². The van der Waals surface area contributed by atoms with Crippen LogP contribution in [-0.2, 0) is 0 Å². The molecule has 78 valence electrons. The van der Waals surface area contributed by atoms with E-state index in [1.54, 1.807) is 19.2 Å². The van der Waals surface area contributed by atoms with Gasteiger partial charge in [0, 0.05) is 5.56 Å². The number of aromatic nitrogens is 2. The monoisotopic (exact) mass is 224 g/mol. The molecule has 0 amide bonds. The normalized spacial score (nSPS) is 10.6. The molecular formula is C10H9ClN2O2. The van der Waals surface area contributed by atoms with E-state index in [4.69, 9.17) is 16.3 Å². The molecule has 0 atom stereocenters. The summed E-state index contributed by atoms with van der Waals surface area (Å²) in [7, 11) is 1.57. The minimum atomic E-state index is -0.240. The number of aromatic amines is 1. The van der Waals surface area contributed by atoms with Gasteiger partial charge in [-0.2, -0.15) is 0 Å². The number of rotatable bonds is 1. The molecule has 0 aliphatic rings. The molecule has 0 aliphatic heterocycles. The maximum absolute atomic E-state index is 11.5. The molecule has 0 aliphatic carbocycles. The topological polar surface area (TPSA) is 55.0 Å². The van der Waals surface area contributed by atoms with Crippen LogP contribution in [0.1, 0.15) is 5.56 Å². The Bertz CT molecular complexity index is 577. The van der Waals surface area contributed by atoms with Crippen molar-refractivity contribution in [3.8, 4) is 5.75 Å². The molecule has 4 nitrogen and oxygen atoms in total. The number of fused-ring (bicyclic) bond motifs is 1. The summed E-state index contributed by atoms with van der Waals surface area (Å²) in [5, 5.41) is 0.599. The van der Waals surface area contributed by atoms with Gasteiger partial charge in [-0.1, -0.05) is 0 Å². The first-order valence-corrected chi connectivity index (χ1v) is 4.74. The average molecular weight is 225 g/mol. The van der Waals surface area contributed by atoms with Crippen molar-refractivity contribution in [2.45, 2.75) is 6.92 Å². The average Bonchev–Trinajstić information content (AvgIpc) is 2.19. The Morgan fingerprint density at radius 1 is 1.47 bits per heavy atom. The third kappa shape index (κ3) is 1.57. The lowest BCUT2D eigenvalue weighted by molar-refractivity contribution is 0.412. The molecule has 0 spiro atoms. The third-order valence-corrected chi connectivity index (χ3v) is 2.45. The Balaban J connectivity index is 2.93. The number of methoxy groups -OCH3 is 1. The Labute approximate surface area is 90.9 Å². The van der Waals surface area contributed by atoms with Gasteiger partial charge in [-0.3, -0.25) is 9.78 Å². The van der Waals surface area contributed by atoms with Gasteiger partial charge in [-0.25, -0.2) is 4.98 Å². The second-order valence-electron chi connectivity index (χ2n) is 3.15. The molecule has 15 heavy (non-hydrogen) atoms. The molecule has 1 heterocycles. The van der Waals surface area contributed by atoms with Crippen molar-refractivity contribution >= 4 is 22.5 Å². The summed E-state index contributed by atoms with van der Waals surface area (Å²) in [6, 6.07) is 3.41. The molecule has 1 N–H and O–H groups in total. The van der Waals surface area contributed by atoms with Crippen molar-refractivity contribution < 1.29 is 4.74 Å². The molecule has 0 saturated carbocycles. The van der Waals surface area contributed by atoms with E-state index in [1.165, 1.54) is 0 Å². The minimum Gasteiger partial charge on any atom is -0.496 e. The zero-order chi connectivity index (χ0) is 11.0. The molecule has 0 fully saturated rings. The van der Waals surface area contributed by atoms with Gasteiger partial charge in [0.25, 0.3) is 5.56 Å². The molecule has 2 aromatic rings. The fraction of sp³-hybridized carbons (Fsp3) is 0.200. The number of H-pyrrole nitrogens is 1. The first kappa shape index (κ1) is 9.98. The van der Waals surface area contributed by atoms with Gasteiger partial charge < -0.3 is 4.74 Å². The highest BCUT2D eigenvalue weighted by molar-refractivity contribution is 6.28. The van der Waals surface area contributed by atoms with E-state index in [-0.39, 0.29) is 10.8 Å². The highest BCUT2D eigenvalue weighted by Gasteiger charge is 2.08. The molecule has 0 radical (unpaired) electrons. The van der Waals surface area contributed by atoms with Crippen molar-refractivity contribution in [1.82, 2.24) is 9.97 Å². The molecule has 0 saturated heterocycles. The van der Waals surface area contributed by atoms with Gasteiger partial charge in [0.1, 0.15) is 5.75 Å². The van der Waals surface area contributed by atoms with E-state index in [0.29, 0.717) is 16.7 Å². The second kappa shape index (κ2) is 3.55. The van der Waals surface area contributed by atoms with E-state index >= 15 is 0 Å². The lowest BCUT2D eigenvalue weighted by Crippen LogP contribution is -2.08.